The minimum absolute atomic E-state index is 0. The fourth-order valence-corrected chi connectivity index (χ4v) is 13.2. The summed E-state index contributed by atoms with van der Waals surface area (Å²) in [6.07, 6.45) is 36.5. The molecule has 6 N–H and O–H groups in total. The number of carboxylic acids is 1. The molecule has 29 heteroatoms. The van der Waals surface area contributed by atoms with Gasteiger partial charge in [-0.2, -0.15) is 0 Å². The van der Waals surface area contributed by atoms with Crippen molar-refractivity contribution in [2.24, 2.45) is 0 Å². The molecule has 0 bridgehead atoms. The zero-order valence-corrected chi connectivity index (χ0v) is 68.4. The molecular weight excluding hydrogens is 1470 g/mol. The lowest BCUT2D eigenvalue weighted by Gasteiger charge is -2.24. The Balaban J connectivity index is -0.00000180. The van der Waals surface area contributed by atoms with E-state index in [1.807, 2.05) is 0 Å². The van der Waals surface area contributed by atoms with Gasteiger partial charge < -0.3 is 44.4 Å². The van der Waals surface area contributed by atoms with E-state index in [-0.39, 0.29) is 119 Å². The summed E-state index contributed by atoms with van der Waals surface area (Å²) in [6, 6.07) is -1.98. The number of nitrogens with zero attached hydrogens (tertiary/aromatic N) is 2. The number of hydrogen-bond acceptors (Lipinski definition) is 16. The van der Waals surface area contributed by atoms with Crippen LogP contribution in [0.1, 0.15) is 312 Å². The van der Waals surface area contributed by atoms with E-state index in [9.17, 15) is 71.0 Å². The second kappa shape index (κ2) is 62.7. The van der Waals surface area contributed by atoms with E-state index in [2.05, 4.69) is 45.6 Å². The van der Waals surface area contributed by atoms with Gasteiger partial charge in [-0.1, -0.05) is 181 Å². The van der Waals surface area contributed by atoms with Crippen LogP contribution in [0.25, 0.3) is 0 Å². The van der Waals surface area contributed by atoms with E-state index in [4.69, 9.17) is 28.7 Å². The summed E-state index contributed by atoms with van der Waals surface area (Å²) in [6.45, 7) is 15.6. The van der Waals surface area contributed by atoms with Crippen LogP contribution < -0.4 is 10.6 Å². The van der Waals surface area contributed by atoms with Gasteiger partial charge in [-0.15, -0.1) is 15.3 Å². The Morgan fingerprint density at radius 1 is 0.471 bits per heavy atom. The number of amides is 6. The predicted molar refractivity (Wildman–Crippen MR) is 413 cm³/mol. The third-order valence-electron chi connectivity index (χ3n) is 16.6. The van der Waals surface area contributed by atoms with Gasteiger partial charge in [-0.3, -0.25) is 57.3 Å². The van der Waals surface area contributed by atoms with E-state index in [1.54, 1.807) is 34.6 Å². The van der Waals surface area contributed by atoms with Gasteiger partial charge in [-0.25, -0.2) is 18.4 Å². The molecule has 2 rings (SSSR count). The molecule has 0 aromatic heterocycles. The Morgan fingerprint density at radius 3 is 1.04 bits per heavy atom. The molecule has 0 saturated heterocycles. The Hall–Kier alpha value is -4.20. The minimum Gasteiger partial charge on any atom is -0.480 e. The number of imide groups is 2. The molecular formula is C75H137BrF2N4O19P2Si. The molecule has 0 aliphatic carbocycles. The summed E-state index contributed by atoms with van der Waals surface area (Å²) >= 11 is 3.51. The van der Waals surface area contributed by atoms with Gasteiger partial charge in [0.25, 0.3) is 23.6 Å². The zero-order valence-electron chi connectivity index (χ0n) is 64.0. The maximum Gasteiger partial charge on any atom is 0.364 e. The molecule has 0 aromatic carbocycles. The van der Waals surface area contributed by atoms with Crippen molar-refractivity contribution in [3.05, 3.63) is 24.3 Å². The highest BCUT2D eigenvalue weighted by atomic mass is 79.9. The summed E-state index contributed by atoms with van der Waals surface area (Å²) in [5, 5.41) is 21.8. The zero-order chi connectivity index (χ0) is 78.1. The molecule has 4 atom stereocenters. The number of esters is 1. The fraction of sp³-hybridized carbons (Fsp3) is 0.813. The van der Waals surface area contributed by atoms with Gasteiger partial charge in [0, 0.05) is 83.0 Å². The first-order valence-electron chi connectivity index (χ1n) is 38.1. The molecule has 2 heterocycles. The van der Waals surface area contributed by atoms with E-state index >= 15 is 0 Å². The second-order valence-corrected chi connectivity index (χ2v) is 43.5. The number of aliphatic hydroxyl groups excluding tert-OH is 1. The number of ether oxygens (including phenoxy) is 1. The van der Waals surface area contributed by atoms with Crippen molar-refractivity contribution in [1.29, 1.82) is 0 Å². The molecule has 2 aliphatic rings. The first kappa shape index (κ1) is 104. The van der Waals surface area contributed by atoms with Gasteiger partial charge in [0.05, 0.1) is 13.2 Å². The topological polar surface area (TPSA) is 344 Å². The van der Waals surface area contributed by atoms with Gasteiger partial charge in [-0.05, 0) is 112 Å². The number of unbranched alkanes of at least 4 members (excludes halogenated alkanes) is 28. The Morgan fingerprint density at radius 2 is 0.740 bits per heavy atom. The van der Waals surface area contributed by atoms with E-state index < -0.39 is 63.3 Å². The fourth-order valence-electron chi connectivity index (χ4n) is 11.1. The quantitative estimate of drug-likeness (QED) is 0.00822. The van der Waals surface area contributed by atoms with Crippen LogP contribution in [0, 0.1) is 0 Å². The lowest BCUT2D eigenvalue weighted by atomic mass is 10.0. The number of halogens is 3. The largest absolute Gasteiger partial charge is 0.480 e. The molecule has 2 aliphatic heterocycles. The molecule has 4 unspecified atom stereocenters. The van der Waals surface area contributed by atoms with Crippen molar-refractivity contribution in [2.45, 2.75) is 361 Å². The molecule has 606 valence electrons. The predicted octanol–water partition coefficient (Wildman–Crippen LogP) is 17.2. The first-order valence-corrected chi connectivity index (χ1v) is 47.2. The third-order valence-corrected chi connectivity index (χ3v) is 19.7. The lowest BCUT2D eigenvalue weighted by Crippen LogP contribution is -2.44. The number of carbonyl (C=O) groups excluding carboxylic acids is 9. The number of carboxylic acid groups (broad SMARTS) is 1. The summed E-state index contributed by atoms with van der Waals surface area (Å²) < 4.78 is 66.4. The maximum absolute atomic E-state index is 14.4. The van der Waals surface area contributed by atoms with Gasteiger partial charge >= 0.3 is 27.1 Å². The number of rotatable bonds is 60. The van der Waals surface area contributed by atoms with Crippen molar-refractivity contribution in [2.75, 3.05) is 33.4 Å². The van der Waals surface area contributed by atoms with Crippen LogP contribution in [0.15, 0.2) is 24.3 Å². The molecule has 0 spiro atoms. The highest BCUT2D eigenvalue weighted by Crippen LogP contribution is 2.55. The van der Waals surface area contributed by atoms with Gasteiger partial charge in [0.1, 0.15) is 35.9 Å². The summed E-state index contributed by atoms with van der Waals surface area (Å²) in [5.41, 5.74) is -0.720. The number of ketones is 2. The Kier molecular flexibility index (Phi) is 62.6. The van der Waals surface area contributed by atoms with Crippen LogP contribution in [-0.4, -0.2) is 158 Å². The van der Waals surface area contributed by atoms with Crippen LogP contribution in [0.4, 0.5) is 8.78 Å². The number of nitrogens with one attached hydrogen (secondary N) is 2. The average molecular weight is 1610 g/mol. The maximum atomic E-state index is 14.4. The minimum atomic E-state index is -4.60. The number of carbonyl (C=O) groups is 10. The van der Waals surface area contributed by atoms with Crippen LogP contribution in [0.2, 0.25) is 19.6 Å². The van der Waals surface area contributed by atoms with Crippen LogP contribution in [0.3, 0.4) is 0 Å². The van der Waals surface area contributed by atoms with E-state index in [0.717, 1.165) is 140 Å². The summed E-state index contributed by atoms with van der Waals surface area (Å²) in [5.74, 6) is -7.18. The monoisotopic (exact) mass is 1600 g/mol. The highest BCUT2D eigenvalue weighted by molar-refractivity contribution is 9.26. The normalized spacial score (nSPS) is 14.1. The number of alkyl halides is 2. The van der Waals surface area contributed by atoms with Crippen LogP contribution >= 0.6 is 30.5 Å². The highest BCUT2D eigenvalue weighted by Gasteiger charge is 2.35. The van der Waals surface area contributed by atoms with E-state index in [1.165, 1.54) is 48.5 Å². The first-order chi connectivity index (χ1) is 48.6. The third kappa shape index (κ3) is 58.8. The molecule has 6 amide bonds. The summed E-state index contributed by atoms with van der Waals surface area (Å²) in [4.78, 5) is 140. The van der Waals surface area contributed by atoms with Gasteiger partial charge in [0.2, 0.25) is 23.6 Å². The average Bonchev–Trinajstić information content (AvgIpc) is 1.56. The number of aliphatic carboxylic acids is 1. The Labute approximate surface area is 631 Å². The summed E-state index contributed by atoms with van der Waals surface area (Å²) in [7, 11) is -7.25. The number of aliphatic hydroxyl groups is 1. The standard InChI is InChI=1S/C39H68FN2O9P.C31H52FN2O9P.C3H9BrSi.CH4O.CH4/c1-6-49-52(48,50-7-2)34(40)25-21-17-15-13-11-9-8-10-12-14-16-18-22-26-35(44)41-33(38(47)51-39(3,4)5)28-27-32(43)24-20-19-23-31-42-36(45)29-30-37(42)46;32-27(44(41,42)43)18-14-10-8-6-4-2-1-3-5-7-9-11-15-19-28(36)33-26(31(39)40)21-20-25(35)17-13-12-16-24-34-29(37)22-23-30(34)38;1-5(2,3)4;1-2;/h29-30,33-34H,6-28,31H2,1-5H3,(H,41,44);22-23,26-27H,1-21,24H2,(H,33,36)(H,39,40)(H2,41,42,43);1-3H3;2H,1H3;1H4. The van der Waals surface area contributed by atoms with Crippen molar-refractivity contribution >= 4 is 96.1 Å². The van der Waals surface area contributed by atoms with Crippen molar-refractivity contribution < 1.29 is 99.6 Å². The SMILES string of the molecule is C.CCOP(=O)(OCC)C(F)CCCCCCCCCCCCCCCC(=O)NC(CCC(=O)CCCCCN1C(=O)C=CC1=O)C(=O)OC(C)(C)C.CO.C[Si](C)(C)Br.O=C(CCCCCN1C(=O)C=CC1=O)CCC(NC(=O)CCCCCCCCCCCCCCCC(F)P(=O)(O)O)C(=O)O. The van der Waals surface area contributed by atoms with Gasteiger partial charge in [0.15, 0.2) is 0 Å². The molecule has 104 heavy (non-hydrogen) atoms. The number of hydrogen-bond donors (Lipinski definition) is 6. The molecule has 0 radical (unpaired) electrons. The van der Waals surface area contributed by atoms with Crippen LogP contribution in [-0.2, 0) is 70.9 Å². The molecule has 23 nitrogen and oxygen atoms in total. The molecule has 0 fully saturated rings. The number of Topliss-reactive ketones (excluding diaryl/α,β-unsaturated/α-hetero) is 2. The second-order valence-electron chi connectivity index (χ2n) is 28.4. The van der Waals surface area contributed by atoms with E-state index in [0.29, 0.717) is 83.7 Å². The smallest absolute Gasteiger partial charge is 0.364 e. The van der Waals surface area contributed by atoms with Crippen LogP contribution in [0.5, 0.6) is 0 Å². The van der Waals surface area contributed by atoms with Crippen molar-refractivity contribution in [3.8, 4) is 0 Å². The van der Waals surface area contributed by atoms with Crippen molar-refractivity contribution in [3.63, 3.8) is 0 Å². The van der Waals surface area contributed by atoms with Crippen molar-refractivity contribution in [1.82, 2.24) is 20.4 Å². The Bertz CT molecular complexity index is 2540. The molecule has 0 saturated carbocycles. The molecule has 0 aromatic rings. The lowest BCUT2D eigenvalue weighted by molar-refractivity contribution is -0.159.